The third-order valence-corrected chi connectivity index (χ3v) is 3.87. The summed E-state index contributed by atoms with van der Waals surface area (Å²) >= 11 is 0. The maximum atomic E-state index is 13.3. The highest BCUT2D eigenvalue weighted by Gasteiger charge is 2.12. The van der Waals surface area contributed by atoms with Gasteiger partial charge in [0.1, 0.15) is 5.82 Å². The van der Waals surface area contributed by atoms with Crippen LogP contribution in [0, 0.1) is 19.7 Å². The Morgan fingerprint density at radius 1 is 1.00 bits per heavy atom. The Bertz CT molecular complexity index is 557. The average Bonchev–Trinajstić information content (AvgIpc) is 2.42. The normalized spacial score (nSPS) is 12.4. The van der Waals surface area contributed by atoms with E-state index in [0.717, 1.165) is 18.4 Å². The highest BCUT2D eigenvalue weighted by Crippen LogP contribution is 2.17. The van der Waals surface area contributed by atoms with Gasteiger partial charge >= 0.3 is 0 Å². The van der Waals surface area contributed by atoms with Gasteiger partial charge in [0.2, 0.25) is 0 Å². The molecule has 0 bridgehead atoms. The van der Waals surface area contributed by atoms with Gasteiger partial charge in [0.15, 0.2) is 0 Å². The summed E-state index contributed by atoms with van der Waals surface area (Å²) in [5.74, 6) is -0.163. The van der Waals surface area contributed by atoms with E-state index in [-0.39, 0.29) is 5.82 Å². The van der Waals surface area contributed by atoms with Crippen LogP contribution in [0.3, 0.4) is 0 Å². The van der Waals surface area contributed by atoms with E-state index in [0.29, 0.717) is 6.04 Å². The third kappa shape index (κ3) is 3.67. The van der Waals surface area contributed by atoms with Gasteiger partial charge in [0.25, 0.3) is 0 Å². The summed E-state index contributed by atoms with van der Waals surface area (Å²) in [7, 11) is 1.97. The molecule has 1 atom stereocenters. The molecule has 0 aliphatic carbocycles. The van der Waals surface area contributed by atoms with E-state index in [1.807, 2.05) is 13.1 Å². The summed E-state index contributed by atoms with van der Waals surface area (Å²) in [4.78, 5) is 0. The highest BCUT2D eigenvalue weighted by atomic mass is 19.1. The van der Waals surface area contributed by atoms with Gasteiger partial charge in [-0.3, -0.25) is 0 Å². The molecule has 0 amide bonds. The number of hydrogen-bond acceptors (Lipinski definition) is 1. The van der Waals surface area contributed by atoms with E-state index in [1.54, 1.807) is 12.1 Å². The number of rotatable bonds is 5. The second-order valence-electron chi connectivity index (χ2n) is 5.39. The van der Waals surface area contributed by atoms with Crippen molar-refractivity contribution in [1.29, 1.82) is 0 Å². The molecular weight excluding hydrogens is 249 g/mol. The van der Waals surface area contributed by atoms with Crippen molar-refractivity contribution in [3.05, 3.63) is 70.5 Å². The molecule has 1 nitrogen and oxygen atoms in total. The van der Waals surface area contributed by atoms with Gasteiger partial charge in [-0.25, -0.2) is 4.39 Å². The largest absolute Gasteiger partial charge is 0.316 e. The van der Waals surface area contributed by atoms with Crippen molar-refractivity contribution in [1.82, 2.24) is 5.32 Å². The van der Waals surface area contributed by atoms with Crippen molar-refractivity contribution < 1.29 is 4.39 Å². The van der Waals surface area contributed by atoms with Gasteiger partial charge in [-0.1, -0.05) is 30.3 Å². The number of likely N-dealkylation sites (N-methyl/N-ethyl adjacent to an activating group) is 1. The first-order valence-electron chi connectivity index (χ1n) is 7.07. The van der Waals surface area contributed by atoms with Crippen molar-refractivity contribution in [2.45, 2.75) is 32.7 Å². The Labute approximate surface area is 120 Å². The Kier molecular flexibility index (Phi) is 4.91. The van der Waals surface area contributed by atoms with Gasteiger partial charge in [0.05, 0.1) is 0 Å². The molecule has 2 aromatic rings. The van der Waals surface area contributed by atoms with Crippen molar-refractivity contribution in [3.63, 3.8) is 0 Å². The number of benzene rings is 2. The van der Waals surface area contributed by atoms with Crippen LogP contribution in [-0.2, 0) is 12.8 Å². The quantitative estimate of drug-likeness (QED) is 0.872. The maximum Gasteiger partial charge on any atom is 0.123 e. The number of aryl methyl sites for hydroxylation is 2. The number of halogens is 1. The van der Waals surface area contributed by atoms with Gasteiger partial charge in [-0.2, -0.15) is 0 Å². The Morgan fingerprint density at radius 3 is 2.25 bits per heavy atom. The average molecular weight is 271 g/mol. The fraction of sp³-hybridized carbons (Fsp3) is 0.333. The lowest BCUT2D eigenvalue weighted by atomic mass is 9.93. The third-order valence-electron chi connectivity index (χ3n) is 3.87. The smallest absolute Gasteiger partial charge is 0.123 e. The molecule has 0 aliphatic heterocycles. The van der Waals surface area contributed by atoms with Crippen LogP contribution in [0.5, 0.6) is 0 Å². The van der Waals surface area contributed by atoms with Crippen LogP contribution in [0.15, 0.2) is 42.5 Å². The van der Waals surface area contributed by atoms with E-state index in [1.165, 1.54) is 22.8 Å². The van der Waals surface area contributed by atoms with Crippen molar-refractivity contribution in [2.24, 2.45) is 0 Å². The Hall–Kier alpha value is -1.67. The summed E-state index contributed by atoms with van der Waals surface area (Å²) in [5, 5.41) is 3.35. The first-order valence-corrected chi connectivity index (χ1v) is 7.07. The monoisotopic (exact) mass is 271 g/mol. The molecule has 0 spiro atoms. The molecule has 1 N–H and O–H groups in total. The molecule has 0 saturated heterocycles. The van der Waals surface area contributed by atoms with Crippen LogP contribution >= 0.6 is 0 Å². The first kappa shape index (κ1) is 14.7. The van der Waals surface area contributed by atoms with Crippen LogP contribution in [0.4, 0.5) is 4.39 Å². The van der Waals surface area contributed by atoms with Crippen LogP contribution in [0.2, 0.25) is 0 Å². The Balaban J connectivity index is 2.13. The number of hydrogen-bond donors (Lipinski definition) is 1. The lowest BCUT2D eigenvalue weighted by molar-refractivity contribution is 0.550. The molecule has 0 saturated carbocycles. The second kappa shape index (κ2) is 6.67. The number of nitrogens with one attached hydrogen (secondary N) is 1. The van der Waals surface area contributed by atoms with E-state index in [4.69, 9.17) is 0 Å². The van der Waals surface area contributed by atoms with Gasteiger partial charge in [0, 0.05) is 6.04 Å². The van der Waals surface area contributed by atoms with Gasteiger partial charge in [-0.05, 0) is 68.1 Å². The molecule has 2 heteroatoms. The molecule has 0 radical (unpaired) electrons. The van der Waals surface area contributed by atoms with Crippen molar-refractivity contribution >= 4 is 0 Å². The molecule has 0 aromatic heterocycles. The van der Waals surface area contributed by atoms with Crippen LogP contribution in [-0.4, -0.2) is 13.1 Å². The van der Waals surface area contributed by atoms with E-state index in [2.05, 4.69) is 37.4 Å². The SMILES string of the molecule is CNC(Cc1cccc(F)c1)Cc1c(C)cccc1C. The highest BCUT2D eigenvalue weighted by molar-refractivity contribution is 5.34. The van der Waals surface area contributed by atoms with E-state index < -0.39 is 0 Å². The van der Waals surface area contributed by atoms with Gasteiger partial charge in [-0.15, -0.1) is 0 Å². The van der Waals surface area contributed by atoms with Crippen molar-refractivity contribution in [3.8, 4) is 0 Å². The zero-order valence-corrected chi connectivity index (χ0v) is 12.4. The lowest BCUT2D eigenvalue weighted by Gasteiger charge is -2.19. The van der Waals surface area contributed by atoms with E-state index in [9.17, 15) is 4.39 Å². The maximum absolute atomic E-state index is 13.3. The minimum absolute atomic E-state index is 0.163. The molecule has 1 unspecified atom stereocenters. The minimum Gasteiger partial charge on any atom is -0.316 e. The first-order chi connectivity index (χ1) is 9.60. The molecule has 0 aliphatic rings. The molecular formula is C18H22FN. The zero-order chi connectivity index (χ0) is 14.5. The summed E-state index contributed by atoms with van der Waals surface area (Å²) in [6.45, 7) is 4.30. The van der Waals surface area contributed by atoms with Crippen LogP contribution in [0.25, 0.3) is 0 Å². The predicted molar refractivity (Wildman–Crippen MR) is 82.6 cm³/mol. The topological polar surface area (TPSA) is 12.0 Å². The Morgan fingerprint density at radius 2 is 1.65 bits per heavy atom. The molecule has 0 fully saturated rings. The predicted octanol–water partition coefficient (Wildman–Crippen LogP) is 3.82. The second-order valence-corrected chi connectivity index (χ2v) is 5.39. The fourth-order valence-electron chi connectivity index (χ4n) is 2.64. The summed E-state index contributed by atoms with van der Waals surface area (Å²) in [5.41, 5.74) is 5.08. The molecule has 2 aromatic carbocycles. The molecule has 106 valence electrons. The standard InChI is InChI=1S/C18H22FN/c1-13-6-4-7-14(2)18(13)12-17(20-3)11-15-8-5-9-16(19)10-15/h4-10,17,20H,11-12H2,1-3H3. The lowest BCUT2D eigenvalue weighted by Crippen LogP contribution is -2.30. The van der Waals surface area contributed by atoms with Crippen LogP contribution < -0.4 is 5.32 Å². The van der Waals surface area contributed by atoms with Gasteiger partial charge < -0.3 is 5.32 Å². The zero-order valence-electron chi connectivity index (χ0n) is 12.4. The molecule has 0 heterocycles. The minimum atomic E-state index is -0.163. The molecule has 20 heavy (non-hydrogen) atoms. The van der Waals surface area contributed by atoms with Crippen molar-refractivity contribution in [2.75, 3.05) is 7.05 Å². The van der Waals surface area contributed by atoms with E-state index >= 15 is 0 Å². The molecule has 2 rings (SSSR count). The fourth-order valence-corrected chi connectivity index (χ4v) is 2.64. The van der Waals surface area contributed by atoms with Crippen LogP contribution in [0.1, 0.15) is 22.3 Å². The summed E-state index contributed by atoms with van der Waals surface area (Å²) < 4.78 is 13.3. The summed E-state index contributed by atoms with van der Waals surface area (Å²) in [6.07, 6.45) is 1.80. The summed E-state index contributed by atoms with van der Waals surface area (Å²) in [6, 6.07) is 13.6.